The summed E-state index contributed by atoms with van der Waals surface area (Å²) in [4.78, 5) is 8.50. The highest BCUT2D eigenvalue weighted by molar-refractivity contribution is 9.10. The number of fused-ring (bicyclic) bond motifs is 1. The second-order valence-electron chi connectivity index (χ2n) is 5.16. The Hall–Kier alpha value is -1.95. The summed E-state index contributed by atoms with van der Waals surface area (Å²) >= 11 is 3.58. The first-order valence-corrected chi connectivity index (χ1v) is 7.48. The number of benzene rings is 1. The molecule has 0 saturated heterocycles. The topological polar surface area (TPSA) is 84.4 Å². The Balaban J connectivity index is 2.09. The number of halogens is 1. The van der Waals surface area contributed by atoms with Gasteiger partial charge < -0.3 is 10.9 Å². The van der Waals surface area contributed by atoms with Crippen molar-refractivity contribution >= 4 is 27.6 Å². The molecule has 0 saturated carbocycles. The fourth-order valence-electron chi connectivity index (χ4n) is 2.94. The summed E-state index contributed by atoms with van der Waals surface area (Å²) in [6.45, 7) is 1.86. The molecule has 1 unspecified atom stereocenters. The number of aryl methyl sites for hydroxylation is 1. The monoisotopic (exact) mass is 346 g/mol. The first-order valence-electron chi connectivity index (χ1n) is 6.69. The molecule has 0 spiro atoms. The highest BCUT2D eigenvalue weighted by Crippen LogP contribution is 2.36. The van der Waals surface area contributed by atoms with Gasteiger partial charge in [0.05, 0.1) is 17.1 Å². The van der Waals surface area contributed by atoms with E-state index in [1.807, 2.05) is 25.1 Å². The molecule has 0 aliphatic heterocycles. The maximum absolute atomic E-state index is 9.35. The summed E-state index contributed by atoms with van der Waals surface area (Å²) in [5.74, 6) is 0.462. The van der Waals surface area contributed by atoms with Crippen LogP contribution < -0.4 is 5.73 Å². The van der Waals surface area contributed by atoms with E-state index in [1.165, 1.54) is 5.56 Å². The smallest absolute Gasteiger partial charge is 0.220 e. The molecule has 5 nitrogen and oxygen atoms in total. The lowest BCUT2D eigenvalue weighted by molar-refractivity contribution is 0.316. The van der Waals surface area contributed by atoms with Crippen LogP contribution in [-0.2, 0) is 6.42 Å². The van der Waals surface area contributed by atoms with E-state index in [2.05, 4.69) is 37.1 Å². The van der Waals surface area contributed by atoms with Crippen molar-refractivity contribution in [2.75, 3.05) is 5.73 Å². The highest BCUT2D eigenvalue weighted by atomic mass is 79.9. The molecule has 3 rings (SSSR count). The number of hydrogen-bond donors (Lipinski definition) is 2. The Morgan fingerprint density at radius 1 is 1.29 bits per heavy atom. The summed E-state index contributed by atoms with van der Waals surface area (Å²) in [5.41, 5.74) is 9.99. The van der Waals surface area contributed by atoms with Crippen LogP contribution in [0.15, 0.2) is 33.9 Å². The fourth-order valence-corrected chi connectivity index (χ4v) is 3.55. The normalized spacial score (nSPS) is 19.5. The average Bonchev–Trinajstić information content (AvgIpc) is 2.46. The van der Waals surface area contributed by atoms with Gasteiger partial charge in [-0.15, -0.1) is 0 Å². The van der Waals surface area contributed by atoms with Crippen LogP contribution in [0.3, 0.4) is 0 Å². The van der Waals surface area contributed by atoms with Crippen LogP contribution in [0.2, 0.25) is 0 Å². The molecular formula is C15H15BrN4O. The minimum Gasteiger partial charge on any atom is -0.411 e. The van der Waals surface area contributed by atoms with Crippen LogP contribution in [0.4, 0.5) is 5.95 Å². The Morgan fingerprint density at radius 2 is 2.05 bits per heavy atom. The van der Waals surface area contributed by atoms with Gasteiger partial charge in [-0.1, -0.05) is 39.3 Å². The zero-order chi connectivity index (χ0) is 15.0. The number of nitrogens with two attached hydrogens (primary N) is 1. The summed E-state index contributed by atoms with van der Waals surface area (Å²) < 4.78 is 1.05. The van der Waals surface area contributed by atoms with Crippen molar-refractivity contribution in [3.63, 3.8) is 0 Å². The molecule has 6 heteroatoms. The van der Waals surface area contributed by atoms with Gasteiger partial charge >= 0.3 is 0 Å². The van der Waals surface area contributed by atoms with Gasteiger partial charge in [-0.05, 0) is 30.9 Å². The number of hydrogen-bond acceptors (Lipinski definition) is 5. The van der Waals surface area contributed by atoms with Crippen molar-refractivity contribution in [2.24, 2.45) is 5.16 Å². The third-order valence-electron chi connectivity index (χ3n) is 3.82. The van der Waals surface area contributed by atoms with Gasteiger partial charge in [0.1, 0.15) is 0 Å². The lowest BCUT2D eigenvalue weighted by Gasteiger charge is -2.26. The van der Waals surface area contributed by atoms with Gasteiger partial charge in [-0.3, -0.25) is 0 Å². The molecule has 1 aromatic heterocycles. The Kier molecular flexibility index (Phi) is 3.63. The number of anilines is 1. The quantitative estimate of drug-likeness (QED) is 0.613. The minimum absolute atomic E-state index is 0.202. The molecule has 2 aromatic rings. The molecular weight excluding hydrogens is 332 g/mol. The summed E-state index contributed by atoms with van der Waals surface area (Å²) in [6, 6.07) is 8.08. The minimum atomic E-state index is 0.202. The number of aromatic nitrogens is 2. The fraction of sp³-hybridized carbons (Fsp3) is 0.267. The Morgan fingerprint density at radius 3 is 2.76 bits per heavy atom. The molecule has 0 amide bonds. The molecule has 0 radical (unpaired) electrons. The van der Waals surface area contributed by atoms with Crippen LogP contribution in [-0.4, -0.2) is 20.9 Å². The van der Waals surface area contributed by atoms with E-state index in [-0.39, 0.29) is 11.9 Å². The predicted octanol–water partition coefficient (Wildman–Crippen LogP) is 3.04. The molecule has 1 aromatic carbocycles. The molecule has 21 heavy (non-hydrogen) atoms. The SMILES string of the molecule is Cc1nc(N)nc2c1/C(=N/O)CC(c1ccccc1Br)C2. The van der Waals surface area contributed by atoms with E-state index in [4.69, 9.17) is 5.73 Å². The number of rotatable bonds is 1. The molecule has 1 aliphatic rings. The van der Waals surface area contributed by atoms with Crippen LogP contribution in [0.1, 0.15) is 34.9 Å². The predicted molar refractivity (Wildman–Crippen MR) is 84.7 cm³/mol. The van der Waals surface area contributed by atoms with Crippen LogP contribution in [0.5, 0.6) is 0 Å². The number of nitrogens with zero attached hydrogens (tertiary/aromatic N) is 3. The van der Waals surface area contributed by atoms with Crippen molar-refractivity contribution in [3.05, 3.63) is 51.3 Å². The molecule has 1 aliphatic carbocycles. The zero-order valence-electron chi connectivity index (χ0n) is 11.5. The number of oxime groups is 1. The van der Waals surface area contributed by atoms with Gasteiger partial charge in [0.2, 0.25) is 5.95 Å². The van der Waals surface area contributed by atoms with Gasteiger partial charge in [-0.2, -0.15) is 0 Å². The molecule has 0 bridgehead atoms. The Bertz CT molecular complexity index is 730. The van der Waals surface area contributed by atoms with Gasteiger partial charge in [0.25, 0.3) is 0 Å². The largest absolute Gasteiger partial charge is 0.411 e. The third kappa shape index (κ3) is 2.51. The van der Waals surface area contributed by atoms with Crippen molar-refractivity contribution in [1.82, 2.24) is 9.97 Å². The van der Waals surface area contributed by atoms with Gasteiger partial charge in [0, 0.05) is 16.5 Å². The van der Waals surface area contributed by atoms with E-state index in [1.54, 1.807) is 0 Å². The van der Waals surface area contributed by atoms with Crippen LogP contribution in [0, 0.1) is 6.92 Å². The third-order valence-corrected chi connectivity index (χ3v) is 4.54. The second-order valence-corrected chi connectivity index (χ2v) is 6.02. The van der Waals surface area contributed by atoms with Crippen LogP contribution in [0.25, 0.3) is 0 Å². The zero-order valence-corrected chi connectivity index (χ0v) is 13.1. The van der Waals surface area contributed by atoms with E-state index in [9.17, 15) is 5.21 Å². The maximum atomic E-state index is 9.35. The van der Waals surface area contributed by atoms with Crippen molar-refractivity contribution in [3.8, 4) is 0 Å². The van der Waals surface area contributed by atoms with Crippen molar-refractivity contribution in [1.29, 1.82) is 0 Å². The Labute approximate surface area is 131 Å². The van der Waals surface area contributed by atoms with Crippen molar-refractivity contribution < 1.29 is 5.21 Å². The van der Waals surface area contributed by atoms with Crippen LogP contribution >= 0.6 is 15.9 Å². The second kappa shape index (κ2) is 5.44. The highest BCUT2D eigenvalue weighted by Gasteiger charge is 2.29. The molecule has 1 heterocycles. The molecule has 108 valence electrons. The standard InChI is InChI=1S/C15H15BrN4O/c1-8-14-12(19-15(17)18-8)6-9(7-13(14)20-21)10-4-2-3-5-11(10)16/h2-5,9,21H,6-7H2,1H3,(H2,17,18,19)/b20-13+. The first kappa shape index (κ1) is 14.0. The maximum Gasteiger partial charge on any atom is 0.220 e. The summed E-state index contributed by atoms with van der Waals surface area (Å²) in [7, 11) is 0. The molecule has 3 N–H and O–H groups in total. The summed E-state index contributed by atoms with van der Waals surface area (Å²) in [5, 5.41) is 12.8. The van der Waals surface area contributed by atoms with E-state index in [0.717, 1.165) is 27.8 Å². The lowest BCUT2D eigenvalue weighted by atomic mass is 9.81. The molecule has 1 atom stereocenters. The molecule has 0 fully saturated rings. The van der Waals surface area contributed by atoms with Gasteiger partial charge in [0.15, 0.2) is 0 Å². The van der Waals surface area contributed by atoms with E-state index >= 15 is 0 Å². The van der Waals surface area contributed by atoms with E-state index in [0.29, 0.717) is 12.1 Å². The first-order chi connectivity index (χ1) is 10.1. The van der Waals surface area contributed by atoms with E-state index < -0.39 is 0 Å². The van der Waals surface area contributed by atoms with Gasteiger partial charge in [-0.25, -0.2) is 9.97 Å². The van der Waals surface area contributed by atoms with Crippen molar-refractivity contribution in [2.45, 2.75) is 25.7 Å². The number of nitrogen functional groups attached to an aromatic ring is 1. The summed E-state index contributed by atoms with van der Waals surface area (Å²) in [6.07, 6.45) is 1.41. The average molecular weight is 347 g/mol. The lowest BCUT2D eigenvalue weighted by Crippen LogP contribution is -2.23.